The fraction of sp³-hybridized carbons (Fsp3) is 0.455. The van der Waals surface area contributed by atoms with Crippen LogP contribution in [0, 0.1) is 18.3 Å². The van der Waals surface area contributed by atoms with E-state index < -0.39 is 0 Å². The monoisotopic (exact) mass is 223 g/mol. The highest BCUT2D eigenvalue weighted by molar-refractivity contribution is 6.29. The Hall–Kier alpha value is -1.27. The first-order valence-corrected chi connectivity index (χ1v) is 5.34. The van der Waals surface area contributed by atoms with Crippen molar-refractivity contribution in [2.75, 3.05) is 18.0 Å². The molecule has 0 spiro atoms. The van der Waals surface area contributed by atoms with Gasteiger partial charge in [-0.1, -0.05) is 11.6 Å². The van der Waals surface area contributed by atoms with Crippen LogP contribution in [0.4, 0.5) is 5.82 Å². The summed E-state index contributed by atoms with van der Waals surface area (Å²) in [5.41, 5.74) is 1.49. The molecule has 0 amide bonds. The van der Waals surface area contributed by atoms with E-state index in [2.05, 4.69) is 11.1 Å². The van der Waals surface area contributed by atoms with E-state index in [-0.39, 0.29) is 0 Å². The van der Waals surface area contributed by atoms with Crippen LogP contribution in [0.1, 0.15) is 25.0 Å². The van der Waals surface area contributed by atoms with E-state index in [0.29, 0.717) is 16.5 Å². The van der Waals surface area contributed by atoms with Gasteiger partial charge in [0.05, 0.1) is 5.56 Å². The van der Waals surface area contributed by atoms with Gasteiger partial charge < -0.3 is 4.90 Å². The minimum atomic E-state index is 0.438. The normalized spacial score (nSPS) is 9.80. The lowest BCUT2D eigenvalue weighted by atomic mass is 10.1. The van der Waals surface area contributed by atoms with Crippen molar-refractivity contribution in [3.63, 3.8) is 0 Å². The molecule has 0 aliphatic carbocycles. The molecule has 1 aromatic heterocycles. The largest absolute Gasteiger partial charge is 0.356 e. The summed E-state index contributed by atoms with van der Waals surface area (Å²) in [4.78, 5) is 6.24. The first-order chi connectivity index (χ1) is 7.13. The van der Waals surface area contributed by atoms with Crippen LogP contribution in [0.5, 0.6) is 0 Å². The Morgan fingerprint density at radius 2 is 2.07 bits per heavy atom. The fourth-order valence-electron chi connectivity index (χ4n) is 1.51. The molecule has 0 aliphatic heterocycles. The molecule has 0 aromatic carbocycles. The number of pyridine rings is 1. The van der Waals surface area contributed by atoms with Crippen LogP contribution in [0.25, 0.3) is 0 Å². The average molecular weight is 224 g/mol. The second kappa shape index (κ2) is 4.99. The van der Waals surface area contributed by atoms with Crippen molar-refractivity contribution in [1.82, 2.24) is 4.98 Å². The Morgan fingerprint density at radius 3 is 2.53 bits per heavy atom. The number of nitriles is 1. The molecule has 0 bridgehead atoms. The number of rotatable bonds is 3. The maximum absolute atomic E-state index is 9.07. The van der Waals surface area contributed by atoms with Gasteiger partial charge in [0.15, 0.2) is 0 Å². The van der Waals surface area contributed by atoms with Gasteiger partial charge in [-0.15, -0.1) is 0 Å². The van der Waals surface area contributed by atoms with Crippen molar-refractivity contribution in [3.05, 3.63) is 22.3 Å². The first kappa shape index (κ1) is 11.8. The van der Waals surface area contributed by atoms with Crippen molar-refractivity contribution in [3.8, 4) is 6.07 Å². The molecule has 0 radical (unpaired) electrons. The van der Waals surface area contributed by atoms with Gasteiger partial charge in [0.1, 0.15) is 17.0 Å². The van der Waals surface area contributed by atoms with Crippen molar-refractivity contribution >= 4 is 17.4 Å². The summed E-state index contributed by atoms with van der Waals surface area (Å²) in [5, 5.41) is 9.51. The lowest BCUT2D eigenvalue weighted by molar-refractivity contribution is 0.842. The summed E-state index contributed by atoms with van der Waals surface area (Å²) in [6, 6.07) is 3.89. The molecule has 1 heterocycles. The maximum atomic E-state index is 9.07. The quantitative estimate of drug-likeness (QED) is 0.740. The van der Waals surface area contributed by atoms with Crippen molar-refractivity contribution in [2.45, 2.75) is 20.8 Å². The van der Waals surface area contributed by atoms with Gasteiger partial charge in [-0.25, -0.2) is 4.98 Å². The van der Waals surface area contributed by atoms with Crippen LogP contribution in [0.3, 0.4) is 0 Å². The van der Waals surface area contributed by atoms with Crippen LogP contribution in [-0.4, -0.2) is 18.1 Å². The molecule has 0 aliphatic rings. The number of halogens is 1. The van der Waals surface area contributed by atoms with Crippen molar-refractivity contribution in [2.24, 2.45) is 0 Å². The highest BCUT2D eigenvalue weighted by Crippen LogP contribution is 2.23. The van der Waals surface area contributed by atoms with Gasteiger partial charge in [-0.3, -0.25) is 0 Å². The van der Waals surface area contributed by atoms with Crippen LogP contribution in [0.2, 0.25) is 5.15 Å². The number of hydrogen-bond acceptors (Lipinski definition) is 3. The Balaban J connectivity index is 3.32. The highest BCUT2D eigenvalue weighted by atomic mass is 35.5. The summed E-state index contributed by atoms with van der Waals surface area (Å²) >= 11 is 5.89. The van der Waals surface area contributed by atoms with E-state index in [4.69, 9.17) is 16.9 Å². The molecule has 3 nitrogen and oxygen atoms in total. The molecule has 0 fully saturated rings. The summed E-state index contributed by atoms with van der Waals surface area (Å²) < 4.78 is 0. The molecule has 0 saturated carbocycles. The fourth-order valence-corrected chi connectivity index (χ4v) is 1.75. The third-order valence-corrected chi connectivity index (χ3v) is 2.53. The third kappa shape index (κ3) is 2.40. The summed E-state index contributed by atoms with van der Waals surface area (Å²) in [6.07, 6.45) is 0. The van der Waals surface area contributed by atoms with Crippen LogP contribution >= 0.6 is 11.6 Å². The molecule has 15 heavy (non-hydrogen) atoms. The van der Waals surface area contributed by atoms with E-state index >= 15 is 0 Å². The topological polar surface area (TPSA) is 39.9 Å². The summed E-state index contributed by atoms with van der Waals surface area (Å²) in [6.45, 7) is 7.57. The molecular weight excluding hydrogens is 210 g/mol. The van der Waals surface area contributed by atoms with Gasteiger partial charge in [0, 0.05) is 13.1 Å². The number of anilines is 1. The second-order valence-electron chi connectivity index (χ2n) is 3.24. The smallest absolute Gasteiger partial charge is 0.148 e. The third-order valence-electron chi connectivity index (χ3n) is 2.34. The lowest BCUT2D eigenvalue weighted by Gasteiger charge is -2.21. The number of hydrogen-bond donors (Lipinski definition) is 0. The number of nitrogens with zero attached hydrogens (tertiary/aromatic N) is 3. The molecule has 0 atom stereocenters. The molecule has 4 heteroatoms. The summed E-state index contributed by atoms with van der Waals surface area (Å²) in [7, 11) is 0. The van der Waals surface area contributed by atoms with Crippen LogP contribution in [-0.2, 0) is 0 Å². The minimum absolute atomic E-state index is 0.438. The molecular formula is C11H14ClN3. The van der Waals surface area contributed by atoms with Gasteiger partial charge in [-0.05, 0) is 32.4 Å². The van der Waals surface area contributed by atoms with Crippen LogP contribution < -0.4 is 4.90 Å². The van der Waals surface area contributed by atoms with E-state index in [0.717, 1.165) is 18.7 Å². The van der Waals surface area contributed by atoms with Crippen molar-refractivity contribution < 1.29 is 0 Å². The van der Waals surface area contributed by atoms with E-state index in [9.17, 15) is 0 Å². The highest BCUT2D eigenvalue weighted by Gasteiger charge is 2.13. The molecule has 80 valence electrons. The maximum Gasteiger partial charge on any atom is 0.148 e. The number of aryl methyl sites for hydroxylation is 1. The minimum Gasteiger partial charge on any atom is -0.356 e. The zero-order valence-corrected chi connectivity index (χ0v) is 9.97. The zero-order chi connectivity index (χ0) is 11.4. The van der Waals surface area contributed by atoms with E-state index in [1.807, 2.05) is 25.7 Å². The predicted octanol–water partition coefficient (Wildman–Crippen LogP) is 2.76. The molecule has 0 unspecified atom stereocenters. The Bertz CT molecular complexity index is 392. The van der Waals surface area contributed by atoms with Crippen LogP contribution in [0.15, 0.2) is 6.07 Å². The Kier molecular flexibility index (Phi) is 3.93. The average Bonchev–Trinajstić information content (AvgIpc) is 2.19. The molecule has 1 aromatic rings. The molecule has 1 rings (SSSR count). The number of aromatic nitrogens is 1. The van der Waals surface area contributed by atoms with Gasteiger partial charge in [0.25, 0.3) is 0 Å². The second-order valence-corrected chi connectivity index (χ2v) is 3.63. The zero-order valence-electron chi connectivity index (χ0n) is 9.21. The molecule has 0 N–H and O–H groups in total. The standard InChI is InChI=1S/C11H14ClN3/c1-4-15(5-2)11-9(7-13)8(3)6-10(12)14-11/h6H,4-5H2,1-3H3. The lowest BCUT2D eigenvalue weighted by Crippen LogP contribution is -2.24. The molecule has 0 saturated heterocycles. The predicted molar refractivity (Wildman–Crippen MR) is 62.3 cm³/mol. The first-order valence-electron chi connectivity index (χ1n) is 4.96. The van der Waals surface area contributed by atoms with Gasteiger partial charge in [0.2, 0.25) is 0 Å². The van der Waals surface area contributed by atoms with Gasteiger partial charge >= 0.3 is 0 Å². The Morgan fingerprint density at radius 1 is 1.47 bits per heavy atom. The Labute approximate surface area is 95.3 Å². The van der Waals surface area contributed by atoms with E-state index in [1.54, 1.807) is 6.07 Å². The summed E-state index contributed by atoms with van der Waals surface area (Å²) in [5.74, 6) is 0.688. The van der Waals surface area contributed by atoms with Gasteiger partial charge in [-0.2, -0.15) is 5.26 Å². The van der Waals surface area contributed by atoms with Crippen molar-refractivity contribution in [1.29, 1.82) is 5.26 Å². The van der Waals surface area contributed by atoms with E-state index in [1.165, 1.54) is 0 Å². The SMILES string of the molecule is CCN(CC)c1nc(Cl)cc(C)c1C#N.